The number of anilines is 1. The van der Waals surface area contributed by atoms with Gasteiger partial charge in [-0.1, -0.05) is 12.1 Å². The summed E-state index contributed by atoms with van der Waals surface area (Å²) in [6.45, 7) is -0.546. The molecule has 5 heteroatoms. The number of carbonyl (C=O) groups excluding carboxylic acids is 1. The maximum atomic E-state index is 13.2. The summed E-state index contributed by atoms with van der Waals surface area (Å²) in [6, 6.07) is 4.19. The molecule has 4 nitrogen and oxygen atoms in total. The molecule has 0 saturated heterocycles. The van der Waals surface area contributed by atoms with Crippen molar-refractivity contribution >= 4 is 11.6 Å². The van der Waals surface area contributed by atoms with Crippen LogP contribution in [0.25, 0.3) is 0 Å². The smallest absolute Gasteiger partial charge is 0.251 e. The van der Waals surface area contributed by atoms with E-state index in [1.807, 2.05) is 0 Å². The lowest BCUT2D eigenvalue weighted by atomic mass is 9.93. The molecule has 4 N–H and O–H groups in total. The fourth-order valence-electron chi connectivity index (χ4n) is 1.53. The number of nitrogens with two attached hydrogens (primary N) is 1. The number of aliphatic hydroxyl groups excluding tert-OH is 1. The van der Waals surface area contributed by atoms with Crippen LogP contribution < -0.4 is 11.1 Å². The largest absolute Gasteiger partial charge is 0.394 e. The summed E-state index contributed by atoms with van der Waals surface area (Å²) in [5.41, 5.74) is 4.50. The third kappa shape index (κ3) is 0.964. The minimum atomic E-state index is -1.52. The van der Waals surface area contributed by atoms with E-state index in [-0.39, 0.29) is 5.69 Å². The summed E-state index contributed by atoms with van der Waals surface area (Å²) in [4.78, 5) is 11.4. The van der Waals surface area contributed by atoms with Crippen LogP contribution >= 0.6 is 0 Å². The van der Waals surface area contributed by atoms with Crippen LogP contribution in [0.5, 0.6) is 0 Å². The van der Waals surface area contributed by atoms with E-state index in [0.29, 0.717) is 5.56 Å². The van der Waals surface area contributed by atoms with Crippen LogP contribution in [0.1, 0.15) is 5.56 Å². The van der Waals surface area contributed by atoms with E-state index < -0.39 is 23.9 Å². The summed E-state index contributed by atoms with van der Waals surface area (Å²) >= 11 is 0. The van der Waals surface area contributed by atoms with Crippen molar-refractivity contribution < 1.29 is 14.3 Å². The van der Waals surface area contributed by atoms with E-state index in [2.05, 4.69) is 5.32 Å². The maximum Gasteiger partial charge on any atom is 0.251 e. The molecule has 1 aromatic rings. The van der Waals surface area contributed by atoms with Crippen LogP contribution in [0.3, 0.4) is 0 Å². The summed E-state index contributed by atoms with van der Waals surface area (Å²) in [7, 11) is 0. The summed E-state index contributed by atoms with van der Waals surface area (Å²) in [5.74, 6) is -1.13. The maximum absolute atomic E-state index is 13.2. The molecule has 1 heterocycles. The number of carbonyl (C=O) groups is 1. The molecule has 0 fully saturated rings. The first-order valence-electron chi connectivity index (χ1n) is 4.10. The molecule has 2 rings (SSSR count). The summed E-state index contributed by atoms with van der Waals surface area (Å²) < 4.78 is 13.2. The number of nitrogens with one attached hydrogen (secondary N) is 1. The van der Waals surface area contributed by atoms with Gasteiger partial charge in [0, 0.05) is 5.56 Å². The minimum absolute atomic E-state index is 0.0639. The van der Waals surface area contributed by atoms with E-state index in [0.717, 1.165) is 0 Å². The highest BCUT2D eigenvalue weighted by Crippen LogP contribution is 2.35. The SMILES string of the molecule is N[C@]1(CO)C(=O)Nc2c(F)cccc21. The van der Waals surface area contributed by atoms with E-state index in [1.54, 1.807) is 0 Å². The Hall–Kier alpha value is -1.46. The number of hydrogen-bond donors (Lipinski definition) is 3. The highest BCUT2D eigenvalue weighted by atomic mass is 19.1. The predicted molar refractivity (Wildman–Crippen MR) is 48.0 cm³/mol. The number of aliphatic hydroxyl groups is 1. The lowest BCUT2D eigenvalue weighted by Gasteiger charge is -2.18. The second kappa shape index (κ2) is 2.76. The van der Waals surface area contributed by atoms with Crippen LogP contribution in [0.4, 0.5) is 10.1 Å². The van der Waals surface area contributed by atoms with E-state index in [9.17, 15) is 9.18 Å². The van der Waals surface area contributed by atoms with Crippen molar-refractivity contribution in [2.45, 2.75) is 5.54 Å². The Kier molecular flexibility index (Phi) is 1.80. The Balaban J connectivity index is 2.64. The molecule has 1 aliphatic rings. The average Bonchev–Trinajstić information content (AvgIpc) is 2.43. The molecule has 0 bridgehead atoms. The van der Waals surface area contributed by atoms with Crippen molar-refractivity contribution in [1.82, 2.24) is 0 Å². The molecule has 0 radical (unpaired) electrons. The Labute approximate surface area is 79.5 Å². The van der Waals surface area contributed by atoms with Crippen LogP contribution in [0, 0.1) is 5.82 Å². The molecular weight excluding hydrogens is 187 g/mol. The molecule has 0 aromatic heterocycles. The zero-order chi connectivity index (χ0) is 10.3. The van der Waals surface area contributed by atoms with Gasteiger partial charge in [-0.2, -0.15) is 0 Å². The van der Waals surface area contributed by atoms with Crippen molar-refractivity contribution in [3.63, 3.8) is 0 Å². The molecule has 1 amide bonds. The molecule has 1 atom stereocenters. The van der Waals surface area contributed by atoms with Crippen LogP contribution in [-0.2, 0) is 10.3 Å². The zero-order valence-electron chi connectivity index (χ0n) is 7.25. The van der Waals surface area contributed by atoms with E-state index in [1.165, 1.54) is 18.2 Å². The second-order valence-corrected chi connectivity index (χ2v) is 3.25. The number of benzene rings is 1. The fraction of sp³-hybridized carbons (Fsp3) is 0.222. The topological polar surface area (TPSA) is 75.3 Å². The number of amides is 1. The fourth-order valence-corrected chi connectivity index (χ4v) is 1.53. The van der Waals surface area contributed by atoms with Gasteiger partial charge >= 0.3 is 0 Å². The highest BCUT2D eigenvalue weighted by Gasteiger charge is 2.44. The Morgan fingerprint density at radius 2 is 2.29 bits per heavy atom. The second-order valence-electron chi connectivity index (χ2n) is 3.25. The van der Waals surface area contributed by atoms with Crippen molar-refractivity contribution in [2.75, 3.05) is 11.9 Å². The molecule has 74 valence electrons. The zero-order valence-corrected chi connectivity index (χ0v) is 7.25. The first kappa shape index (κ1) is 9.11. The van der Waals surface area contributed by atoms with Crippen molar-refractivity contribution in [3.05, 3.63) is 29.6 Å². The lowest BCUT2D eigenvalue weighted by Crippen LogP contribution is -2.46. The van der Waals surface area contributed by atoms with Crippen LogP contribution in [0.2, 0.25) is 0 Å². The predicted octanol–water partition coefficient (Wildman–Crippen LogP) is -0.0759. The first-order chi connectivity index (χ1) is 6.59. The Morgan fingerprint density at radius 3 is 2.93 bits per heavy atom. The van der Waals surface area contributed by atoms with Gasteiger partial charge in [0.1, 0.15) is 11.4 Å². The number of hydrogen-bond acceptors (Lipinski definition) is 3. The van der Waals surface area contributed by atoms with Crippen LogP contribution in [-0.4, -0.2) is 17.6 Å². The number of fused-ring (bicyclic) bond motifs is 1. The number of rotatable bonds is 1. The first-order valence-corrected chi connectivity index (χ1v) is 4.10. The average molecular weight is 196 g/mol. The molecule has 1 aliphatic heterocycles. The molecule has 0 spiro atoms. The Morgan fingerprint density at radius 1 is 1.57 bits per heavy atom. The van der Waals surface area contributed by atoms with Crippen LogP contribution in [0.15, 0.2) is 18.2 Å². The summed E-state index contributed by atoms with van der Waals surface area (Å²) in [6.07, 6.45) is 0. The van der Waals surface area contributed by atoms with Gasteiger partial charge in [0.15, 0.2) is 0 Å². The Bertz CT molecular complexity index is 408. The standard InChI is InChI=1S/C9H9FN2O2/c10-6-3-1-2-5-7(6)12-8(14)9(5,11)4-13/h1-3,13H,4,11H2,(H,12,14)/t9-/m0/s1. The van der Waals surface area contributed by atoms with Crippen molar-refractivity contribution in [1.29, 1.82) is 0 Å². The lowest BCUT2D eigenvalue weighted by molar-refractivity contribution is -0.122. The molecule has 0 aliphatic carbocycles. The van der Waals surface area contributed by atoms with Crippen molar-refractivity contribution in [2.24, 2.45) is 5.73 Å². The van der Waals surface area contributed by atoms with Gasteiger partial charge in [-0.3, -0.25) is 4.79 Å². The number of para-hydroxylation sites is 1. The van der Waals surface area contributed by atoms with Gasteiger partial charge in [0.25, 0.3) is 5.91 Å². The van der Waals surface area contributed by atoms with Gasteiger partial charge in [0.2, 0.25) is 0 Å². The third-order valence-corrected chi connectivity index (χ3v) is 2.39. The molecule has 0 unspecified atom stereocenters. The highest BCUT2D eigenvalue weighted by molar-refractivity contribution is 6.05. The monoisotopic (exact) mass is 196 g/mol. The van der Waals surface area contributed by atoms with Gasteiger partial charge in [0.05, 0.1) is 12.3 Å². The normalized spacial score (nSPS) is 24.6. The molecular formula is C9H9FN2O2. The minimum Gasteiger partial charge on any atom is -0.394 e. The van der Waals surface area contributed by atoms with Gasteiger partial charge < -0.3 is 16.2 Å². The van der Waals surface area contributed by atoms with E-state index >= 15 is 0 Å². The van der Waals surface area contributed by atoms with Gasteiger partial charge in [-0.25, -0.2) is 4.39 Å². The molecule has 0 saturated carbocycles. The summed E-state index contributed by atoms with van der Waals surface area (Å²) in [5, 5.41) is 11.3. The third-order valence-electron chi connectivity index (χ3n) is 2.39. The van der Waals surface area contributed by atoms with Gasteiger partial charge in [-0.15, -0.1) is 0 Å². The van der Waals surface area contributed by atoms with Crippen molar-refractivity contribution in [3.8, 4) is 0 Å². The molecule has 14 heavy (non-hydrogen) atoms. The van der Waals surface area contributed by atoms with E-state index in [4.69, 9.17) is 10.8 Å². The quantitative estimate of drug-likeness (QED) is 0.588. The molecule has 1 aromatic carbocycles. The number of halogens is 1. The van der Waals surface area contributed by atoms with Gasteiger partial charge in [-0.05, 0) is 6.07 Å².